The number of aromatic nitrogens is 4. The van der Waals surface area contributed by atoms with E-state index < -0.39 is 0 Å². The number of hydrogen-bond acceptors (Lipinski definition) is 7. The third-order valence-corrected chi connectivity index (χ3v) is 1.76. The fraction of sp³-hybridized carbons (Fsp3) is 0.222. The van der Waals surface area contributed by atoms with Gasteiger partial charge in [-0.15, -0.1) is 0 Å². The summed E-state index contributed by atoms with van der Waals surface area (Å²) in [4.78, 5) is 11.9. The van der Waals surface area contributed by atoms with Gasteiger partial charge in [0.1, 0.15) is 11.9 Å². The molecule has 2 heterocycles. The Morgan fingerprint density at radius 1 is 1.44 bits per heavy atom. The van der Waals surface area contributed by atoms with Gasteiger partial charge in [0.2, 0.25) is 5.89 Å². The van der Waals surface area contributed by atoms with Crippen LogP contribution < -0.4 is 5.32 Å². The maximum Gasteiger partial charge on any atom is 0.223 e. The molecule has 7 nitrogen and oxygen atoms in total. The van der Waals surface area contributed by atoms with Crippen LogP contribution in [0.2, 0.25) is 0 Å². The van der Waals surface area contributed by atoms with E-state index in [1.54, 1.807) is 6.92 Å². The molecule has 0 saturated heterocycles. The van der Waals surface area contributed by atoms with Crippen molar-refractivity contribution in [3.63, 3.8) is 0 Å². The first-order valence-corrected chi connectivity index (χ1v) is 4.53. The molecular weight excluding hydrogens is 208 g/mol. The van der Waals surface area contributed by atoms with E-state index >= 15 is 0 Å². The number of hydrogen-bond donors (Lipinski definition) is 1. The first-order chi connectivity index (χ1) is 7.78. The quantitative estimate of drug-likeness (QED) is 0.803. The van der Waals surface area contributed by atoms with Gasteiger partial charge in [-0.2, -0.15) is 10.2 Å². The van der Waals surface area contributed by atoms with E-state index in [2.05, 4.69) is 25.4 Å². The van der Waals surface area contributed by atoms with Gasteiger partial charge >= 0.3 is 0 Å². The van der Waals surface area contributed by atoms with E-state index in [9.17, 15) is 0 Å². The van der Waals surface area contributed by atoms with Crippen LogP contribution in [-0.4, -0.2) is 20.1 Å². The topological polar surface area (TPSA) is 101 Å². The first-order valence-electron chi connectivity index (χ1n) is 4.53. The minimum atomic E-state index is 0.279. The lowest BCUT2D eigenvalue weighted by molar-refractivity contribution is 0.388. The molecule has 0 unspecified atom stereocenters. The highest BCUT2D eigenvalue weighted by Crippen LogP contribution is 2.02. The molecule has 0 saturated carbocycles. The summed E-state index contributed by atoms with van der Waals surface area (Å²) in [5, 5.41) is 15.2. The van der Waals surface area contributed by atoms with E-state index in [4.69, 9.17) is 9.78 Å². The zero-order valence-corrected chi connectivity index (χ0v) is 8.51. The zero-order chi connectivity index (χ0) is 11.4. The number of nitrogens with zero attached hydrogens (tertiary/aromatic N) is 5. The van der Waals surface area contributed by atoms with Gasteiger partial charge in [-0.05, 0) is 0 Å². The van der Waals surface area contributed by atoms with Gasteiger partial charge in [0.15, 0.2) is 11.5 Å². The maximum absolute atomic E-state index is 8.53. The Labute approximate surface area is 91.2 Å². The Kier molecular flexibility index (Phi) is 2.73. The van der Waals surface area contributed by atoms with Crippen LogP contribution in [0.3, 0.4) is 0 Å². The van der Waals surface area contributed by atoms with Crippen molar-refractivity contribution in [2.45, 2.75) is 13.5 Å². The molecule has 2 aromatic heterocycles. The Morgan fingerprint density at radius 2 is 2.31 bits per heavy atom. The van der Waals surface area contributed by atoms with E-state index in [1.807, 2.05) is 6.07 Å². The molecule has 80 valence electrons. The van der Waals surface area contributed by atoms with Gasteiger partial charge < -0.3 is 9.84 Å². The van der Waals surface area contributed by atoms with Crippen LogP contribution in [0.15, 0.2) is 16.9 Å². The van der Waals surface area contributed by atoms with Crippen molar-refractivity contribution in [1.29, 1.82) is 5.26 Å². The van der Waals surface area contributed by atoms with E-state index in [-0.39, 0.29) is 5.69 Å². The highest BCUT2D eigenvalue weighted by Gasteiger charge is 2.02. The van der Waals surface area contributed by atoms with E-state index in [1.165, 1.54) is 12.4 Å². The minimum Gasteiger partial charge on any atom is -0.361 e. The van der Waals surface area contributed by atoms with E-state index in [0.29, 0.717) is 24.1 Å². The normalized spacial score (nSPS) is 9.75. The van der Waals surface area contributed by atoms with Gasteiger partial charge in [0.25, 0.3) is 0 Å². The highest BCUT2D eigenvalue weighted by molar-refractivity contribution is 5.33. The molecule has 2 rings (SSSR count). The Morgan fingerprint density at radius 3 is 2.88 bits per heavy atom. The summed E-state index contributed by atoms with van der Waals surface area (Å²) in [6.45, 7) is 2.12. The average Bonchev–Trinajstić information content (AvgIpc) is 2.73. The molecule has 0 aliphatic heterocycles. The molecule has 0 fully saturated rings. The van der Waals surface area contributed by atoms with Gasteiger partial charge in [0, 0.05) is 6.92 Å². The number of anilines is 1. The van der Waals surface area contributed by atoms with Crippen molar-refractivity contribution in [2.24, 2.45) is 0 Å². The third-order valence-electron chi connectivity index (χ3n) is 1.76. The van der Waals surface area contributed by atoms with Crippen LogP contribution in [0, 0.1) is 18.3 Å². The average molecular weight is 216 g/mol. The SMILES string of the molecule is Cc1nc(CNc2cnc(C#N)cn2)no1. The Hall–Kier alpha value is -2.49. The third kappa shape index (κ3) is 2.30. The molecule has 0 bridgehead atoms. The molecular formula is C9H8N6O. The highest BCUT2D eigenvalue weighted by atomic mass is 16.5. The van der Waals surface area contributed by atoms with Crippen LogP contribution in [-0.2, 0) is 6.54 Å². The largest absolute Gasteiger partial charge is 0.361 e. The summed E-state index contributed by atoms with van der Waals surface area (Å²) < 4.78 is 4.81. The lowest BCUT2D eigenvalue weighted by atomic mass is 10.5. The zero-order valence-electron chi connectivity index (χ0n) is 8.51. The van der Waals surface area contributed by atoms with Gasteiger partial charge in [0.05, 0.1) is 18.9 Å². The number of nitriles is 1. The predicted molar refractivity (Wildman–Crippen MR) is 53.1 cm³/mol. The summed E-state index contributed by atoms with van der Waals surface area (Å²) in [6.07, 6.45) is 2.87. The second kappa shape index (κ2) is 4.35. The van der Waals surface area contributed by atoms with Crippen molar-refractivity contribution in [1.82, 2.24) is 20.1 Å². The van der Waals surface area contributed by atoms with Crippen LogP contribution in [0.25, 0.3) is 0 Å². The fourth-order valence-corrected chi connectivity index (χ4v) is 1.06. The smallest absolute Gasteiger partial charge is 0.223 e. The molecule has 16 heavy (non-hydrogen) atoms. The second-order valence-electron chi connectivity index (χ2n) is 2.98. The van der Waals surface area contributed by atoms with E-state index in [0.717, 1.165) is 0 Å². The van der Waals surface area contributed by atoms with Crippen molar-refractivity contribution in [3.05, 3.63) is 29.8 Å². The lowest BCUT2D eigenvalue weighted by Crippen LogP contribution is -2.03. The number of rotatable bonds is 3. The van der Waals surface area contributed by atoms with Crippen molar-refractivity contribution >= 4 is 5.82 Å². The summed E-state index contributed by atoms with van der Waals surface area (Å²) in [5.41, 5.74) is 0.279. The molecule has 0 aliphatic carbocycles. The van der Waals surface area contributed by atoms with Crippen LogP contribution >= 0.6 is 0 Å². The van der Waals surface area contributed by atoms with Crippen LogP contribution in [0.1, 0.15) is 17.4 Å². The summed E-state index contributed by atoms with van der Waals surface area (Å²) in [7, 11) is 0. The number of aryl methyl sites for hydroxylation is 1. The summed E-state index contributed by atoms with van der Waals surface area (Å²) in [6, 6.07) is 1.89. The maximum atomic E-state index is 8.53. The Balaban J connectivity index is 1.97. The number of nitrogens with one attached hydrogen (secondary N) is 1. The van der Waals surface area contributed by atoms with Crippen LogP contribution in [0.5, 0.6) is 0 Å². The van der Waals surface area contributed by atoms with Crippen molar-refractivity contribution in [2.75, 3.05) is 5.32 Å². The van der Waals surface area contributed by atoms with Gasteiger partial charge in [-0.3, -0.25) is 0 Å². The van der Waals surface area contributed by atoms with Crippen molar-refractivity contribution in [3.8, 4) is 6.07 Å². The molecule has 0 spiro atoms. The standard InChI is InChI=1S/C9H8N6O/c1-6-14-9(15-16-6)5-13-8-4-11-7(2-10)3-12-8/h3-4H,5H2,1H3,(H,12,13). The molecule has 0 atom stereocenters. The molecule has 2 aromatic rings. The molecule has 7 heteroatoms. The molecule has 0 aliphatic rings. The molecule has 0 amide bonds. The predicted octanol–water partition coefficient (Wildman–Crippen LogP) is 0.652. The lowest BCUT2D eigenvalue weighted by Gasteiger charge is -2.00. The summed E-state index contributed by atoms with van der Waals surface area (Å²) in [5.74, 6) is 1.62. The Bertz CT molecular complexity index is 512. The summed E-state index contributed by atoms with van der Waals surface area (Å²) >= 11 is 0. The molecule has 0 radical (unpaired) electrons. The van der Waals surface area contributed by atoms with Crippen molar-refractivity contribution < 1.29 is 4.52 Å². The van der Waals surface area contributed by atoms with Gasteiger partial charge in [-0.25, -0.2) is 9.97 Å². The molecule has 1 N–H and O–H groups in total. The second-order valence-corrected chi connectivity index (χ2v) is 2.98. The molecule has 0 aromatic carbocycles. The monoisotopic (exact) mass is 216 g/mol. The fourth-order valence-electron chi connectivity index (χ4n) is 1.06. The van der Waals surface area contributed by atoms with Crippen LogP contribution in [0.4, 0.5) is 5.82 Å². The van der Waals surface area contributed by atoms with Gasteiger partial charge in [-0.1, -0.05) is 5.16 Å². The minimum absolute atomic E-state index is 0.279. The first kappa shape index (κ1) is 10.0.